The van der Waals surface area contributed by atoms with Crippen LogP contribution >= 0.6 is 11.3 Å². The van der Waals surface area contributed by atoms with E-state index in [1.54, 1.807) is 24.6 Å². The number of methoxy groups -OCH3 is 1. The lowest BCUT2D eigenvalue weighted by molar-refractivity contribution is -0.130. The summed E-state index contributed by atoms with van der Waals surface area (Å²) in [6.07, 6.45) is 2.05. The summed E-state index contributed by atoms with van der Waals surface area (Å²) in [5.41, 5.74) is 3.91. The highest BCUT2D eigenvalue weighted by molar-refractivity contribution is 7.15. The zero-order chi connectivity index (χ0) is 24.4. The molecule has 0 saturated carbocycles. The van der Waals surface area contributed by atoms with Crippen LogP contribution < -0.4 is 9.64 Å². The molecule has 7 nitrogen and oxygen atoms in total. The highest BCUT2D eigenvalue weighted by Crippen LogP contribution is 2.34. The van der Waals surface area contributed by atoms with Crippen LogP contribution in [0.4, 0.5) is 5.69 Å². The maximum atomic E-state index is 13.0. The van der Waals surface area contributed by atoms with Gasteiger partial charge in [0.05, 0.1) is 31.0 Å². The first kappa shape index (κ1) is 23.1. The van der Waals surface area contributed by atoms with E-state index in [-0.39, 0.29) is 5.91 Å². The number of aromatic nitrogens is 2. The fourth-order valence-electron chi connectivity index (χ4n) is 4.33. The number of thiazole rings is 1. The van der Waals surface area contributed by atoms with E-state index in [0.29, 0.717) is 31.2 Å². The van der Waals surface area contributed by atoms with Crippen LogP contribution in [0.15, 0.2) is 59.1 Å². The number of hydrogen-bond donors (Lipinski definition) is 0. The van der Waals surface area contributed by atoms with Crippen molar-refractivity contribution in [3.8, 4) is 27.6 Å². The van der Waals surface area contributed by atoms with Crippen molar-refractivity contribution in [3.63, 3.8) is 0 Å². The Hall–Kier alpha value is -3.65. The lowest BCUT2D eigenvalue weighted by Crippen LogP contribution is -2.49. The van der Waals surface area contributed by atoms with E-state index >= 15 is 0 Å². The van der Waals surface area contributed by atoms with Crippen LogP contribution in [-0.4, -0.2) is 54.1 Å². The van der Waals surface area contributed by atoms with Gasteiger partial charge in [0, 0.05) is 55.3 Å². The summed E-state index contributed by atoms with van der Waals surface area (Å²) in [4.78, 5) is 27.3. The summed E-state index contributed by atoms with van der Waals surface area (Å²) in [5.74, 6) is 2.18. The van der Waals surface area contributed by atoms with Crippen molar-refractivity contribution in [3.05, 3.63) is 71.2 Å². The summed E-state index contributed by atoms with van der Waals surface area (Å²) in [6, 6.07) is 16.2. The molecule has 0 atom stereocenters. The molecule has 0 bridgehead atoms. The van der Waals surface area contributed by atoms with E-state index in [1.165, 1.54) is 0 Å². The fraction of sp³-hybridized carbons (Fsp3) is 0.296. The fourth-order valence-corrected chi connectivity index (χ4v) is 5.27. The van der Waals surface area contributed by atoms with Gasteiger partial charge in [-0.05, 0) is 19.1 Å². The van der Waals surface area contributed by atoms with Gasteiger partial charge in [-0.2, -0.15) is 0 Å². The highest BCUT2D eigenvalue weighted by atomic mass is 32.1. The molecule has 2 aromatic heterocycles. The second-order valence-corrected chi connectivity index (χ2v) is 9.76. The second kappa shape index (κ2) is 9.92. The molecule has 180 valence electrons. The Morgan fingerprint density at radius 3 is 2.54 bits per heavy atom. The normalized spacial score (nSPS) is 13.8. The third kappa shape index (κ3) is 4.93. The smallest absolute Gasteiger partial charge is 0.228 e. The van der Waals surface area contributed by atoms with Crippen molar-refractivity contribution < 1.29 is 13.9 Å². The lowest BCUT2D eigenvalue weighted by atomic mass is 10.1. The van der Waals surface area contributed by atoms with Crippen molar-refractivity contribution in [1.82, 2.24) is 14.9 Å². The topological polar surface area (TPSA) is 71.7 Å². The number of anilines is 1. The largest absolute Gasteiger partial charge is 0.496 e. The van der Waals surface area contributed by atoms with Crippen LogP contribution in [0.3, 0.4) is 0 Å². The average molecular weight is 489 g/mol. The van der Waals surface area contributed by atoms with Crippen molar-refractivity contribution in [2.75, 3.05) is 38.2 Å². The zero-order valence-electron chi connectivity index (χ0n) is 20.2. The number of benzene rings is 2. The molecule has 0 radical (unpaired) electrons. The molecule has 5 rings (SSSR count). The number of hydrogen-bond acceptors (Lipinski definition) is 7. The van der Waals surface area contributed by atoms with Gasteiger partial charge in [0.15, 0.2) is 11.7 Å². The first-order valence-corrected chi connectivity index (χ1v) is 12.5. The van der Waals surface area contributed by atoms with Gasteiger partial charge in [-0.25, -0.2) is 9.97 Å². The lowest BCUT2D eigenvalue weighted by Gasteiger charge is -2.36. The molecule has 1 aliphatic heterocycles. The van der Waals surface area contributed by atoms with Gasteiger partial charge in [-0.1, -0.05) is 30.3 Å². The minimum atomic E-state index is 0.131. The van der Waals surface area contributed by atoms with Gasteiger partial charge in [0.25, 0.3) is 0 Å². The summed E-state index contributed by atoms with van der Waals surface area (Å²) < 4.78 is 11.3. The zero-order valence-corrected chi connectivity index (χ0v) is 21.0. The van der Waals surface area contributed by atoms with E-state index in [9.17, 15) is 4.79 Å². The third-order valence-corrected chi connectivity index (χ3v) is 7.36. The molecule has 4 aromatic rings. The van der Waals surface area contributed by atoms with E-state index in [1.807, 2.05) is 49.1 Å². The number of nitrogens with zero attached hydrogens (tertiary/aromatic N) is 4. The minimum Gasteiger partial charge on any atom is -0.496 e. The van der Waals surface area contributed by atoms with Gasteiger partial charge in [0.1, 0.15) is 10.8 Å². The molecule has 0 unspecified atom stereocenters. The molecule has 1 saturated heterocycles. The predicted molar refractivity (Wildman–Crippen MR) is 138 cm³/mol. The van der Waals surface area contributed by atoms with E-state index < -0.39 is 0 Å². The Kier molecular flexibility index (Phi) is 6.55. The summed E-state index contributed by atoms with van der Waals surface area (Å²) >= 11 is 1.65. The number of ether oxygens (including phenoxy) is 1. The Bertz CT molecular complexity index is 1320. The molecule has 1 aliphatic rings. The first-order chi connectivity index (χ1) is 17.0. The van der Waals surface area contributed by atoms with E-state index in [0.717, 1.165) is 51.2 Å². The summed E-state index contributed by atoms with van der Waals surface area (Å²) in [7, 11) is 1.66. The summed E-state index contributed by atoms with van der Waals surface area (Å²) in [5, 5.41) is 0.966. The minimum absolute atomic E-state index is 0.131. The Morgan fingerprint density at radius 2 is 1.86 bits per heavy atom. The number of oxazole rings is 1. The van der Waals surface area contributed by atoms with Gasteiger partial charge >= 0.3 is 0 Å². The second-order valence-electron chi connectivity index (χ2n) is 8.56. The van der Waals surface area contributed by atoms with E-state index in [4.69, 9.17) is 14.1 Å². The predicted octanol–water partition coefficient (Wildman–Crippen LogP) is 4.98. The third-order valence-electron chi connectivity index (χ3n) is 6.30. The molecule has 1 amide bonds. The average Bonchev–Trinajstić information content (AvgIpc) is 3.49. The molecule has 0 aliphatic carbocycles. The van der Waals surface area contributed by atoms with Crippen molar-refractivity contribution in [1.29, 1.82) is 0 Å². The van der Waals surface area contributed by atoms with E-state index in [2.05, 4.69) is 28.1 Å². The number of carbonyl (C=O) groups excluding carboxylic acids is 1. The van der Waals surface area contributed by atoms with Crippen LogP contribution in [-0.2, 0) is 11.2 Å². The molecular weight excluding hydrogens is 460 g/mol. The van der Waals surface area contributed by atoms with Crippen LogP contribution in [0, 0.1) is 13.8 Å². The Labute approximate surface area is 209 Å². The van der Waals surface area contributed by atoms with Gasteiger partial charge < -0.3 is 19.0 Å². The molecular formula is C27H28N4O3S. The number of rotatable bonds is 6. The SMILES string of the molecule is COc1cc(N2CCN(C(=O)Cc3nc(-c4ccccc4)sc3C)CC2)ccc1-c1cnc(C)o1. The number of amides is 1. The molecule has 0 spiro atoms. The molecule has 8 heteroatoms. The van der Waals surface area contributed by atoms with Gasteiger partial charge in [-0.15, -0.1) is 11.3 Å². The molecule has 1 fully saturated rings. The van der Waals surface area contributed by atoms with Crippen LogP contribution in [0.25, 0.3) is 21.9 Å². The van der Waals surface area contributed by atoms with Gasteiger partial charge in [0.2, 0.25) is 5.91 Å². The van der Waals surface area contributed by atoms with Crippen molar-refractivity contribution in [2.45, 2.75) is 20.3 Å². The Morgan fingerprint density at radius 1 is 1.09 bits per heavy atom. The van der Waals surface area contributed by atoms with Crippen molar-refractivity contribution in [2.24, 2.45) is 0 Å². The number of aryl methyl sites for hydroxylation is 2. The monoisotopic (exact) mass is 488 g/mol. The number of carbonyl (C=O) groups is 1. The van der Waals surface area contributed by atoms with Gasteiger partial charge in [-0.3, -0.25) is 4.79 Å². The Balaban J connectivity index is 1.22. The summed E-state index contributed by atoms with van der Waals surface area (Å²) in [6.45, 7) is 6.75. The van der Waals surface area contributed by atoms with Crippen LogP contribution in [0.2, 0.25) is 0 Å². The van der Waals surface area contributed by atoms with Crippen LogP contribution in [0.1, 0.15) is 16.5 Å². The molecule has 2 aromatic carbocycles. The maximum Gasteiger partial charge on any atom is 0.228 e. The first-order valence-electron chi connectivity index (χ1n) is 11.7. The molecule has 3 heterocycles. The maximum absolute atomic E-state index is 13.0. The van der Waals surface area contributed by atoms with Crippen LogP contribution in [0.5, 0.6) is 5.75 Å². The quantitative estimate of drug-likeness (QED) is 0.381. The molecule has 35 heavy (non-hydrogen) atoms. The molecule has 0 N–H and O–H groups in total. The van der Waals surface area contributed by atoms with Crippen molar-refractivity contribution >= 4 is 22.9 Å². The number of piperazine rings is 1. The standard InChI is InChI=1S/C27H28N4O3S/c1-18-23(29-27(35-18)20-7-5-4-6-8-20)16-26(32)31-13-11-30(12-14-31)21-9-10-22(24(15-21)33-3)25-17-28-19(2)34-25/h4-10,15,17H,11-14,16H2,1-3H3. The highest BCUT2D eigenvalue weighted by Gasteiger charge is 2.24.